The molecule has 1 aliphatic rings. The summed E-state index contributed by atoms with van der Waals surface area (Å²) in [6, 6.07) is 14.1. The van der Waals surface area contributed by atoms with Crippen LogP contribution in [0.3, 0.4) is 0 Å². The number of para-hydroxylation sites is 1. The summed E-state index contributed by atoms with van der Waals surface area (Å²) < 4.78 is 14.4. The first-order chi connectivity index (χ1) is 10.1. The Kier molecular flexibility index (Phi) is 3.68. The molecule has 0 spiro atoms. The van der Waals surface area contributed by atoms with Crippen LogP contribution in [-0.2, 0) is 6.42 Å². The lowest BCUT2D eigenvalue weighted by Gasteiger charge is -2.29. The Morgan fingerprint density at radius 3 is 2.62 bits per heavy atom. The SMILES string of the molecule is CNC(C)c1c(F)cccc1N1c2ccccc2CC1C. The number of rotatable bonds is 3. The van der Waals surface area contributed by atoms with E-state index in [1.165, 1.54) is 11.3 Å². The molecule has 1 N–H and O–H groups in total. The fourth-order valence-electron chi connectivity index (χ4n) is 3.24. The minimum atomic E-state index is -0.147. The molecule has 110 valence electrons. The van der Waals surface area contributed by atoms with Gasteiger partial charge >= 0.3 is 0 Å². The fourth-order valence-corrected chi connectivity index (χ4v) is 3.24. The largest absolute Gasteiger partial charge is 0.338 e. The molecule has 21 heavy (non-hydrogen) atoms. The van der Waals surface area contributed by atoms with Gasteiger partial charge in [0.2, 0.25) is 0 Å². The van der Waals surface area contributed by atoms with Crippen LogP contribution >= 0.6 is 0 Å². The van der Waals surface area contributed by atoms with Crippen molar-refractivity contribution in [1.29, 1.82) is 0 Å². The van der Waals surface area contributed by atoms with Crippen LogP contribution in [0.25, 0.3) is 0 Å². The highest BCUT2D eigenvalue weighted by Gasteiger charge is 2.30. The Morgan fingerprint density at radius 1 is 1.14 bits per heavy atom. The number of benzene rings is 2. The molecule has 2 atom stereocenters. The molecule has 3 rings (SSSR count). The molecule has 0 saturated carbocycles. The van der Waals surface area contributed by atoms with Gasteiger partial charge in [0.15, 0.2) is 0 Å². The Bertz CT molecular complexity index is 653. The first-order valence-electron chi connectivity index (χ1n) is 7.46. The van der Waals surface area contributed by atoms with E-state index >= 15 is 0 Å². The molecule has 2 aromatic rings. The van der Waals surface area contributed by atoms with E-state index < -0.39 is 0 Å². The highest BCUT2D eigenvalue weighted by Crippen LogP contribution is 2.41. The lowest BCUT2D eigenvalue weighted by atomic mass is 10.0. The zero-order valence-electron chi connectivity index (χ0n) is 12.7. The van der Waals surface area contributed by atoms with E-state index in [2.05, 4.69) is 35.3 Å². The third kappa shape index (κ3) is 2.32. The van der Waals surface area contributed by atoms with Gasteiger partial charge < -0.3 is 10.2 Å². The highest BCUT2D eigenvalue weighted by atomic mass is 19.1. The maximum Gasteiger partial charge on any atom is 0.130 e. The van der Waals surface area contributed by atoms with Crippen molar-refractivity contribution in [2.24, 2.45) is 0 Å². The summed E-state index contributed by atoms with van der Waals surface area (Å²) in [5.41, 5.74) is 4.23. The van der Waals surface area contributed by atoms with Crippen molar-refractivity contribution in [2.45, 2.75) is 32.4 Å². The van der Waals surface area contributed by atoms with Crippen molar-refractivity contribution in [3.63, 3.8) is 0 Å². The number of hydrogen-bond donors (Lipinski definition) is 1. The van der Waals surface area contributed by atoms with Crippen molar-refractivity contribution in [3.05, 3.63) is 59.4 Å². The maximum atomic E-state index is 14.4. The topological polar surface area (TPSA) is 15.3 Å². The molecular weight excluding hydrogens is 263 g/mol. The quantitative estimate of drug-likeness (QED) is 0.909. The predicted octanol–water partition coefficient (Wildman–Crippen LogP) is 4.19. The van der Waals surface area contributed by atoms with Gasteiger partial charge in [-0.05, 0) is 51.1 Å². The van der Waals surface area contributed by atoms with Crippen molar-refractivity contribution in [3.8, 4) is 0 Å². The van der Waals surface area contributed by atoms with Crippen molar-refractivity contribution in [2.75, 3.05) is 11.9 Å². The average molecular weight is 284 g/mol. The Labute approximate surface area is 125 Å². The van der Waals surface area contributed by atoms with Gasteiger partial charge in [0.05, 0.1) is 0 Å². The predicted molar refractivity (Wildman–Crippen MR) is 85.6 cm³/mol. The van der Waals surface area contributed by atoms with Crippen LogP contribution in [0.15, 0.2) is 42.5 Å². The average Bonchev–Trinajstić information content (AvgIpc) is 2.82. The molecule has 0 aliphatic carbocycles. The van der Waals surface area contributed by atoms with E-state index in [0.717, 1.165) is 17.7 Å². The van der Waals surface area contributed by atoms with Gasteiger partial charge in [-0.25, -0.2) is 4.39 Å². The van der Waals surface area contributed by atoms with Crippen LogP contribution in [0, 0.1) is 5.82 Å². The summed E-state index contributed by atoms with van der Waals surface area (Å²) in [6.07, 6.45) is 1.00. The zero-order valence-corrected chi connectivity index (χ0v) is 12.7. The van der Waals surface area contributed by atoms with Crippen molar-refractivity contribution >= 4 is 11.4 Å². The highest BCUT2D eigenvalue weighted by molar-refractivity contribution is 5.73. The molecule has 2 nitrogen and oxygen atoms in total. The van der Waals surface area contributed by atoms with E-state index in [-0.39, 0.29) is 11.9 Å². The lowest BCUT2D eigenvalue weighted by molar-refractivity contribution is 0.560. The minimum absolute atomic E-state index is 0.0267. The number of nitrogens with zero attached hydrogens (tertiary/aromatic N) is 1. The molecule has 2 aromatic carbocycles. The number of anilines is 2. The van der Waals surface area contributed by atoms with Crippen LogP contribution in [0.5, 0.6) is 0 Å². The van der Waals surface area contributed by atoms with Crippen LogP contribution in [0.1, 0.15) is 31.0 Å². The molecule has 0 radical (unpaired) electrons. The third-order valence-corrected chi connectivity index (χ3v) is 4.36. The van der Waals surface area contributed by atoms with Crippen LogP contribution in [0.2, 0.25) is 0 Å². The molecule has 0 aromatic heterocycles. The second kappa shape index (κ2) is 5.49. The molecule has 2 unspecified atom stereocenters. The van der Waals surface area contributed by atoms with Gasteiger partial charge in [0.1, 0.15) is 5.82 Å². The smallest absolute Gasteiger partial charge is 0.130 e. The second-order valence-electron chi connectivity index (χ2n) is 5.73. The Hall–Kier alpha value is -1.87. The van der Waals surface area contributed by atoms with E-state index in [9.17, 15) is 4.39 Å². The van der Waals surface area contributed by atoms with E-state index in [4.69, 9.17) is 0 Å². The van der Waals surface area contributed by atoms with Crippen molar-refractivity contribution in [1.82, 2.24) is 5.32 Å². The fraction of sp³-hybridized carbons (Fsp3) is 0.333. The molecule has 1 heterocycles. The van der Waals surface area contributed by atoms with Gasteiger partial charge in [-0.2, -0.15) is 0 Å². The molecule has 0 saturated heterocycles. The molecule has 3 heteroatoms. The number of halogens is 1. The Morgan fingerprint density at radius 2 is 1.86 bits per heavy atom. The number of fused-ring (bicyclic) bond motifs is 1. The van der Waals surface area contributed by atoms with Gasteiger partial charge in [-0.3, -0.25) is 0 Å². The normalized spacial score (nSPS) is 18.7. The number of hydrogen-bond acceptors (Lipinski definition) is 2. The summed E-state index contributed by atoms with van der Waals surface area (Å²) in [5.74, 6) is -0.147. The molecule has 0 amide bonds. The molecule has 0 bridgehead atoms. The van der Waals surface area contributed by atoms with Crippen LogP contribution in [-0.4, -0.2) is 13.1 Å². The molecule has 1 aliphatic heterocycles. The number of nitrogens with one attached hydrogen (secondary N) is 1. The van der Waals surface area contributed by atoms with E-state index in [1.54, 1.807) is 12.1 Å². The van der Waals surface area contributed by atoms with Gasteiger partial charge in [0.25, 0.3) is 0 Å². The summed E-state index contributed by atoms with van der Waals surface area (Å²) in [7, 11) is 1.86. The first-order valence-corrected chi connectivity index (χ1v) is 7.46. The minimum Gasteiger partial charge on any atom is -0.338 e. The zero-order chi connectivity index (χ0) is 15.0. The van der Waals surface area contributed by atoms with Crippen LogP contribution in [0.4, 0.5) is 15.8 Å². The van der Waals surface area contributed by atoms with E-state index in [1.807, 2.05) is 26.1 Å². The summed E-state index contributed by atoms with van der Waals surface area (Å²) >= 11 is 0. The Balaban J connectivity index is 2.15. The molecular formula is C18H21FN2. The summed E-state index contributed by atoms with van der Waals surface area (Å²) in [4.78, 5) is 2.27. The van der Waals surface area contributed by atoms with Gasteiger partial charge in [-0.15, -0.1) is 0 Å². The van der Waals surface area contributed by atoms with E-state index in [0.29, 0.717) is 6.04 Å². The van der Waals surface area contributed by atoms with Crippen LogP contribution < -0.4 is 10.2 Å². The summed E-state index contributed by atoms with van der Waals surface area (Å²) in [5, 5.41) is 3.16. The first kappa shape index (κ1) is 14.1. The maximum absolute atomic E-state index is 14.4. The van der Waals surface area contributed by atoms with Crippen molar-refractivity contribution < 1.29 is 4.39 Å². The summed E-state index contributed by atoms with van der Waals surface area (Å²) in [6.45, 7) is 4.19. The monoisotopic (exact) mass is 284 g/mol. The lowest BCUT2D eigenvalue weighted by Crippen LogP contribution is -2.27. The van der Waals surface area contributed by atoms with Gasteiger partial charge in [0, 0.05) is 29.0 Å². The molecule has 0 fully saturated rings. The standard InChI is InChI=1S/C18H21FN2/c1-12-11-14-7-4-5-9-16(14)21(12)17-10-6-8-15(19)18(17)13(2)20-3/h4-10,12-13,20H,11H2,1-3H3. The van der Waals surface area contributed by atoms with Gasteiger partial charge in [-0.1, -0.05) is 24.3 Å². The third-order valence-electron chi connectivity index (χ3n) is 4.36. The second-order valence-corrected chi connectivity index (χ2v) is 5.73.